The molecule has 0 spiro atoms. The van der Waals surface area contributed by atoms with E-state index in [1.54, 1.807) is 18.2 Å². The topological polar surface area (TPSA) is 63.2 Å². The highest BCUT2D eigenvalue weighted by molar-refractivity contribution is 7.89. The largest absolute Gasteiger partial charge is 0.289 e. The SMILES string of the molecule is O=[C]CNS(=O)(=O)c1ccccc1. The summed E-state index contributed by atoms with van der Waals surface area (Å²) in [4.78, 5) is 9.97. The van der Waals surface area contributed by atoms with Crippen molar-refractivity contribution in [2.75, 3.05) is 6.54 Å². The second-order valence-corrected chi connectivity index (χ2v) is 4.05. The van der Waals surface area contributed by atoms with Crippen LogP contribution in [0, 0.1) is 0 Å². The van der Waals surface area contributed by atoms with Gasteiger partial charge < -0.3 is 0 Å². The highest BCUT2D eigenvalue weighted by Crippen LogP contribution is 2.05. The fourth-order valence-corrected chi connectivity index (χ4v) is 1.74. The molecule has 0 unspecified atom stereocenters. The second kappa shape index (κ2) is 4.15. The summed E-state index contributed by atoms with van der Waals surface area (Å²) in [5.74, 6) is 0. The molecule has 0 heterocycles. The van der Waals surface area contributed by atoms with Gasteiger partial charge in [0.1, 0.15) is 0 Å². The van der Waals surface area contributed by atoms with E-state index in [9.17, 15) is 13.2 Å². The molecule has 0 saturated heterocycles. The summed E-state index contributed by atoms with van der Waals surface area (Å²) in [6.45, 7) is -0.322. The van der Waals surface area contributed by atoms with Gasteiger partial charge in [-0.15, -0.1) is 0 Å². The number of benzene rings is 1. The van der Waals surface area contributed by atoms with Gasteiger partial charge in [-0.25, -0.2) is 13.1 Å². The van der Waals surface area contributed by atoms with E-state index in [1.165, 1.54) is 18.4 Å². The normalized spacial score (nSPS) is 11.1. The first-order valence-electron chi connectivity index (χ1n) is 3.56. The number of sulfonamides is 1. The molecule has 1 aromatic carbocycles. The molecule has 0 bridgehead atoms. The minimum Gasteiger partial charge on any atom is -0.289 e. The van der Waals surface area contributed by atoms with Crippen molar-refractivity contribution < 1.29 is 13.2 Å². The molecule has 0 atom stereocenters. The van der Waals surface area contributed by atoms with Crippen molar-refractivity contribution in [1.29, 1.82) is 0 Å². The third-order valence-corrected chi connectivity index (χ3v) is 2.81. The minimum atomic E-state index is -3.53. The summed E-state index contributed by atoms with van der Waals surface area (Å²) in [6.07, 6.45) is 1.45. The molecule has 0 fully saturated rings. The third kappa shape index (κ3) is 2.64. The molecule has 0 aliphatic heterocycles. The number of hydrogen-bond acceptors (Lipinski definition) is 3. The van der Waals surface area contributed by atoms with Gasteiger partial charge in [-0.2, -0.15) is 0 Å². The lowest BCUT2D eigenvalue weighted by atomic mass is 10.4. The second-order valence-electron chi connectivity index (χ2n) is 2.28. The van der Waals surface area contributed by atoms with Crippen LogP contribution in [0.25, 0.3) is 0 Å². The van der Waals surface area contributed by atoms with Crippen molar-refractivity contribution in [2.24, 2.45) is 0 Å². The van der Waals surface area contributed by atoms with Gasteiger partial charge in [0.25, 0.3) is 0 Å². The maximum absolute atomic E-state index is 11.3. The van der Waals surface area contributed by atoms with E-state index in [2.05, 4.69) is 4.72 Å². The van der Waals surface area contributed by atoms with Crippen LogP contribution in [0.4, 0.5) is 0 Å². The first-order chi connectivity index (χ1) is 6.17. The molecule has 1 radical (unpaired) electrons. The average Bonchev–Trinajstić information content (AvgIpc) is 2.16. The predicted octanol–water partition coefficient (Wildman–Crippen LogP) is 0.0746. The Bertz CT molecular complexity index is 372. The highest BCUT2D eigenvalue weighted by Gasteiger charge is 2.11. The number of carbonyl (C=O) groups excluding carboxylic acids is 1. The Morgan fingerprint density at radius 1 is 1.23 bits per heavy atom. The monoisotopic (exact) mass is 198 g/mol. The molecule has 0 aliphatic rings. The molecule has 13 heavy (non-hydrogen) atoms. The zero-order valence-corrected chi connectivity index (χ0v) is 7.54. The molecule has 1 rings (SSSR count). The Kier molecular flexibility index (Phi) is 3.16. The van der Waals surface area contributed by atoms with Crippen molar-refractivity contribution in [1.82, 2.24) is 4.72 Å². The summed E-state index contributed by atoms with van der Waals surface area (Å²) in [5.41, 5.74) is 0. The Balaban J connectivity index is 2.88. The van der Waals surface area contributed by atoms with Crippen LogP contribution < -0.4 is 4.72 Å². The lowest BCUT2D eigenvalue weighted by Gasteiger charge is -2.01. The van der Waals surface area contributed by atoms with E-state index < -0.39 is 10.0 Å². The standard InChI is InChI=1S/C8H8NO3S/c10-7-6-9-13(11,12)8-4-2-1-3-5-8/h1-5,9H,6H2. The molecule has 5 heteroatoms. The lowest BCUT2D eigenvalue weighted by Crippen LogP contribution is -2.25. The Labute approximate surface area is 76.6 Å². The van der Waals surface area contributed by atoms with Crippen molar-refractivity contribution in [2.45, 2.75) is 4.90 Å². The number of rotatable bonds is 4. The molecule has 0 aliphatic carbocycles. The summed E-state index contributed by atoms with van der Waals surface area (Å²) >= 11 is 0. The van der Waals surface area contributed by atoms with E-state index in [1.807, 2.05) is 0 Å². The third-order valence-electron chi connectivity index (χ3n) is 1.39. The van der Waals surface area contributed by atoms with E-state index in [0.717, 1.165) is 0 Å². The zero-order chi connectivity index (χ0) is 9.73. The molecule has 1 aromatic rings. The quantitative estimate of drug-likeness (QED) is 0.745. The molecule has 4 nitrogen and oxygen atoms in total. The molecule has 0 aromatic heterocycles. The Morgan fingerprint density at radius 3 is 2.38 bits per heavy atom. The fraction of sp³-hybridized carbons (Fsp3) is 0.125. The van der Waals surface area contributed by atoms with Crippen LogP contribution in [0.15, 0.2) is 35.2 Å². The smallest absolute Gasteiger partial charge is 0.240 e. The molecule has 1 N–H and O–H groups in total. The average molecular weight is 198 g/mol. The molecule has 0 amide bonds. The first kappa shape index (κ1) is 9.88. The number of hydrogen-bond donors (Lipinski definition) is 1. The first-order valence-corrected chi connectivity index (χ1v) is 5.05. The number of nitrogens with one attached hydrogen (secondary N) is 1. The summed E-state index contributed by atoms with van der Waals surface area (Å²) in [5, 5.41) is 0. The molecule has 0 saturated carbocycles. The lowest BCUT2D eigenvalue weighted by molar-refractivity contribution is 0.550. The van der Waals surface area contributed by atoms with E-state index in [-0.39, 0.29) is 11.4 Å². The summed E-state index contributed by atoms with van der Waals surface area (Å²) in [7, 11) is -3.53. The highest BCUT2D eigenvalue weighted by atomic mass is 32.2. The van der Waals surface area contributed by atoms with E-state index >= 15 is 0 Å². The maximum atomic E-state index is 11.3. The van der Waals surface area contributed by atoms with Gasteiger partial charge in [0.15, 0.2) is 0 Å². The van der Waals surface area contributed by atoms with Gasteiger partial charge in [-0.3, -0.25) is 4.79 Å². The molecular weight excluding hydrogens is 190 g/mol. The van der Waals surface area contributed by atoms with Crippen molar-refractivity contribution in [3.05, 3.63) is 30.3 Å². The van der Waals surface area contributed by atoms with E-state index in [4.69, 9.17) is 0 Å². The fourth-order valence-electron chi connectivity index (χ4n) is 0.807. The Morgan fingerprint density at radius 2 is 1.85 bits per heavy atom. The van der Waals surface area contributed by atoms with Crippen molar-refractivity contribution in [3.63, 3.8) is 0 Å². The van der Waals surface area contributed by atoms with Crippen molar-refractivity contribution in [3.8, 4) is 0 Å². The van der Waals surface area contributed by atoms with Gasteiger partial charge in [0.05, 0.1) is 11.4 Å². The molecular formula is C8H8NO3S. The van der Waals surface area contributed by atoms with Gasteiger partial charge in [0.2, 0.25) is 16.3 Å². The van der Waals surface area contributed by atoms with Crippen LogP contribution in [-0.2, 0) is 14.8 Å². The Hall–Kier alpha value is -1.20. The van der Waals surface area contributed by atoms with Crippen LogP contribution in [0.2, 0.25) is 0 Å². The minimum absolute atomic E-state index is 0.144. The van der Waals surface area contributed by atoms with Crippen LogP contribution in [0.5, 0.6) is 0 Å². The van der Waals surface area contributed by atoms with Gasteiger partial charge in [-0.05, 0) is 12.1 Å². The van der Waals surface area contributed by atoms with Gasteiger partial charge in [-0.1, -0.05) is 18.2 Å². The van der Waals surface area contributed by atoms with Gasteiger partial charge >= 0.3 is 0 Å². The zero-order valence-electron chi connectivity index (χ0n) is 6.73. The van der Waals surface area contributed by atoms with Crippen LogP contribution in [-0.4, -0.2) is 21.2 Å². The predicted molar refractivity (Wildman–Crippen MR) is 47.3 cm³/mol. The summed E-state index contributed by atoms with van der Waals surface area (Å²) in [6, 6.07) is 7.84. The van der Waals surface area contributed by atoms with Crippen LogP contribution in [0.3, 0.4) is 0 Å². The van der Waals surface area contributed by atoms with Crippen molar-refractivity contribution >= 4 is 16.3 Å². The van der Waals surface area contributed by atoms with E-state index in [0.29, 0.717) is 0 Å². The van der Waals surface area contributed by atoms with Crippen LogP contribution >= 0.6 is 0 Å². The summed E-state index contributed by atoms with van der Waals surface area (Å²) < 4.78 is 24.7. The van der Waals surface area contributed by atoms with Gasteiger partial charge in [0, 0.05) is 0 Å². The molecule has 69 valence electrons. The maximum Gasteiger partial charge on any atom is 0.240 e. The van der Waals surface area contributed by atoms with Crippen LogP contribution in [0.1, 0.15) is 0 Å².